The molecule has 0 aliphatic carbocycles. The van der Waals surface area contributed by atoms with Crippen molar-refractivity contribution in [2.45, 2.75) is 34.2 Å². The largest absolute Gasteiger partial charge is 0.357 e. The molecule has 0 saturated heterocycles. The number of amides is 2. The molecule has 7 nitrogen and oxygen atoms in total. The highest BCUT2D eigenvalue weighted by atomic mass is 16.2. The van der Waals surface area contributed by atoms with E-state index in [1.807, 2.05) is 52.0 Å². The number of carbonyl (C=O) groups excluding carboxylic acids is 2. The fourth-order valence-electron chi connectivity index (χ4n) is 2.15. The molecule has 0 heterocycles. The summed E-state index contributed by atoms with van der Waals surface area (Å²) in [7, 11) is 3.47. The molecular formula is C20H33N5O2. The van der Waals surface area contributed by atoms with Crippen LogP contribution in [-0.4, -0.2) is 56.4 Å². The van der Waals surface area contributed by atoms with Crippen LogP contribution in [0.25, 0.3) is 0 Å². The lowest BCUT2D eigenvalue weighted by Gasteiger charge is -2.18. The molecule has 3 N–H and O–H groups in total. The second kappa shape index (κ2) is 10.5. The molecule has 150 valence electrons. The molecule has 0 saturated carbocycles. The van der Waals surface area contributed by atoms with Gasteiger partial charge in [-0.3, -0.25) is 9.59 Å². The van der Waals surface area contributed by atoms with E-state index < -0.39 is 5.41 Å². The summed E-state index contributed by atoms with van der Waals surface area (Å²) >= 11 is 0. The SMILES string of the molecule is CCNC(=NCc1ccc(C(=O)N(C)C)cc1)NCCNC(=O)C(C)(C)C. The molecule has 27 heavy (non-hydrogen) atoms. The van der Waals surface area contributed by atoms with Crippen LogP contribution in [0.2, 0.25) is 0 Å². The lowest BCUT2D eigenvalue weighted by Crippen LogP contribution is -2.43. The van der Waals surface area contributed by atoms with Crippen molar-refractivity contribution in [3.05, 3.63) is 35.4 Å². The van der Waals surface area contributed by atoms with Gasteiger partial charge in [0.15, 0.2) is 5.96 Å². The van der Waals surface area contributed by atoms with Crippen LogP contribution < -0.4 is 16.0 Å². The summed E-state index contributed by atoms with van der Waals surface area (Å²) in [4.78, 5) is 29.9. The number of nitrogens with zero attached hydrogens (tertiary/aromatic N) is 2. The maximum atomic E-state index is 11.9. The van der Waals surface area contributed by atoms with E-state index in [1.165, 1.54) is 0 Å². The molecule has 0 radical (unpaired) electrons. The fourth-order valence-corrected chi connectivity index (χ4v) is 2.15. The van der Waals surface area contributed by atoms with Gasteiger partial charge in [0, 0.05) is 44.7 Å². The van der Waals surface area contributed by atoms with Gasteiger partial charge in [-0.15, -0.1) is 0 Å². The van der Waals surface area contributed by atoms with Gasteiger partial charge < -0.3 is 20.9 Å². The first-order valence-electron chi connectivity index (χ1n) is 9.26. The van der Waals surface area contributed by atoms with E-state index in [-0.39, 0.29) is 11.8 Å². The fraction of sp³-hybridized carbons (Fsp3) is 0.550. The Kier molecular flexibility index (Phi) is 8.78. The molecule has 0 atom stereocenters. The average molecular weight is 376 g/mol. The van der Waals surface area contributed by atoms with Crippen LogP contribution in [0.4, 0.5) is 0 Å². The highest BCUT2D eigenvalue weighted by molar-refractivity contribution is 5.93. The van der Waals surface area contributed by atoms with Crippen LogP contribution >= 0.6 is 0 Å². The number of carbonyl (C=O) groups is 2. The predicted molar refractivity (Wildman–Crippen MR) is 110 cm³/mol. The number of hydrogen-bond acceptors (Lipinski definition) is 3. The first kappa shape index (κ1) is 22.5. The molecule has 7 heteroatoms. The topological polar surface area (TPSA) is 85.8 Å². The molecule has 0 unspecified atom stereocenters. The Morgan fingerprint density at radius 1 is 1.00 bits per heavy atom. The van der Waals surface area contributed by atoms with Gasteiger partial charge in [0.25, 0.3) is 5.91 Å². The highest BCUT2D eigenvalue weighted by Gasteiger charge is 2.20. The van der Waals surface area contributed by atoms with Crippen molar-refractivity contribution in [1.82, 2.24) is 20.9 Å². The lowest BCUT2D eigenvalue weighted by molar-refractivity contribution is -0.128. The second-order valence-corrected chi connectivity index (χ2v) is 7.52. The number of nitrogens with one attached hydrogen (secondary N) is 3. The first-order valence-corrected chi connectivity index (χ1v) is 9.26. The summed E-state index contributed by atoms with van der Waals surface area (Å²) in [6.07, 6.45) is 0. The number of rotatable bonds is 7. The molecule has 1 aromatic rings. The van der Waals surface area contributed by atoms with Crippen LogP contribution in [0.1, 0.15) is 43.6 Å². The quantitative estimate of drug-likeness (QED) is 0.384. The smallest absolute Gasteiger partial charge is 0.253 e. The van der Waals surface area contributed by atoms with Crippen molar-refractivity contribution in [3.63, 3.8) is 0 Å². The summed E-state index contributed by atoms with van der Waals surface area (Å²) < 4.78 is 0. The number of benzene rings is 1. The van der Waals surface area contributed by atoms with E-state index in [0.29, 0.717) is 31.2 Å². The molecule has 2 amide bonds. The molecular weight excluding hydrogens is 342 g/mol. The summed E-state index contributed by atoms with van der Waals surface area (Å²) in [5.74, 6) is 0.701. The molecule has 0 aliphatic heterocycles. The minimum atomic E-state index is -0.390. The normalized spacial score (nSPS) is 11.7. The Hall–Kier alpha value is -2.57. The van der Waals surface area contributed by atoms with Crippen molar-refractivity contribution in [1.29, 1.82) is 0 Å². The lowest BCUT2D eigenvalue weighted by atomic mass is 9.96. The molecule has 1 rings (SSSR count). The Bertz CT molecular complexity index is 645. The molecule has 0 spiro atoms. The standard InChI is InChI=1S/C20H33N5O2/c1-7-21-19(23-13-12-22-18(27)20(2,3)4)24-14-15-8-10-16(11-9-15)17(26)25(5)6/h8-11H,7,12-14H2,1-6H3,(H,22,27)(H2,21,23,24). The summed E-state index contributed by atoms with van der Waals surface area (Å²) in [6.45, 7) is 10.0. The summed E-state index contributed by atoms with van der Waals surface area (Å²) in [6, 6.07) is 7.45. The summed E-state index contributed by atoms with van der Waals surface area (Å²) in [5.41, 5.74) is 1.29. The van der Waals surface area contributed by atoms with Crippen LogP contribution in [0.5, 0.6) is 0 Å². The average Bonchev–Trinajstić information content (AvgIpc) is 2.61. The zero-order chi connectivity index (χ0) is 20.4. The Morgan fingerprint density at radius 2 is 1.59 bits per heavy atom. The van der Waals surface area contributed by atoms with E-state index >= 15 is 0 Å². The Balaban J connectivity index is 2.56. The monoisotopic (exact) mass is 375 g/mol. The van der Waals surface area contributed by atoms with Gasteiger partial charge in [-0.1, -0.05) is 32.9 Å². The van der Waals surface area contributed by atoms with E-state index in [2.05, 4.69) is 20.9 Å². The van der Waals surface area contributed by atoms with Crippen LogP contribution in [0.15, 0.2) is 29.3 Å². The molecule has 0 aromatic heterocycles. The van der Waals surface area contributed by atoms with Crippen molar-refractivity contribution in [3.8, 4) is 0 Å². The van der Waals surface area contributed by atoms with E-state index in [4.69, 9.17) is 0 Å². The number of guanidine groups is 1. The van der Waals surface area contributed by atoms with Gasteiger partial charge in [0.2, 0.25) is 5.91 Å². The van der Waals surface area contributed by atoms with Gasteiger partial charge in [-0.05, 0) is 24.6 Å². The molecule has 0 aliphatic rings. The minimum Gasteiger partial charge on any atom is -0.357 e. The van der Waals surface area contributed by atoms with Crippen molar-refractivity contribution in [2.24, 2.45) is 10.4 Å². The van der Waals surface area contributed by atoms with Crippen LogP contribution in [-0.2, 0) is 11.3 Å². The molecule has 1 aromatic carbocycles. The third-order valence-corrected chi connectivity index (χ3v) is 3.76. The van der Waals surface area contributed by atoms with Crippen molar-refractivity contribution in [2.75, 3.05) is 33.7 Å². The maximum absolute atomic E-state index is 11.9. The summed E-state index contributed by atoms with van der Waals surface area (Å²) in [5, 5.41) is 9.29. The highest BCUT2D eigenvalue weighted by Crippen LogP contribution is 2.11. The first-order chi connectivity index (χ1) is 12.6. The van der Waals surface area contributed by atoms with Gasteiger partial charge in [0.05, 0.1) is 6.54 Å². The van der Waals surface area contributed by atoms with Crippen LogP contribution in [0.3, 0.4) is 0 Å². The van der Waals surface area contributed by atoms with Gasteiger partial charge >= 0.3 is 0 Å². The van der Waals surface area contributed by atoms with Gasteiger partial charge in [0.1, 0.15) is 0 Å². The second-order valence-electron chi connectivity index (χ2n) is 7.52. The minimum absolute atomic E-state index is 0.0163. The Morgan fingerprint density at radius 3 is 2.11 bits per heavy atom. The van der Waals surface area contributed by atoms with Crippen LogP contribution in [0, 0.1) is 5.41 Å². The molecule has 0 fully saturated rings. The third kappa shape index (κ3) is 8.11. The third-order valence-electron chi connectivity index (χ3n) is 3.76. The van der Waals surface area contributed by atoms with Gasteiger partial charge in [-0.2, -0.15) is 0 Å². The predicted octanol–water partition coefficient (Wildman–Crippen LogP) is 1.61. The number of aliphatic imine (C=N–C) groups is 1. The number of hydrogen-bond donors (Lipinski definition) is 3. The zero-order valence-electron chi connectivity index (χ0n) is 17.3. The Labute approximate surface area is 162 Å². The molecule has 0 bridgehead atoms. The maximum Gasteiger partial charge on any atom is 0.253 e. The van der Waals surface area contributed by atoms with E-state index in [9.17, 15) is 9.59 Å². The van der Waals surface area contributed by atoms with Crippen molar-refractivity contribution >= 4 is 17.8 Å². The van der Waals surface area contributed by atoms with Gasteiger partial charge in [-0.25, -0.2) is 4.99 Å². The zero-order valence-corrected chi connectivity index (χ0v) is 17.3. The van der Waals surface area contributed by atoms with E-state index in [0.717, 1.165) is 12.1 Å². The van der Waals surface area contributed by atoms with Crippen molar-refractivity contribution < 1.29 is 9.59 Å². The van der Waals surface area contributed by atoms with E-state index in [1.54, 1.807) is 19.0 Å².